The van der Waals surface area contributed by atoms with Gasteiger partial charge in [-0.2, -0.15) is 0 Å². The van der Waals surface area contributed by atoms with Crippen LogP contribution in [0.5, 0.6) is 5.75 Å². The topological polar surface area (TPSA) is 64.6 Å². The number of hydrogen-bond donors (Lipinski definition) is 3. The van der Waals surface area contributed by atoms with Gasteiger partial charge >= 0.3 is 0 Å². The summed E-state index contributed by atoms with van der Waals surface area (Å²) in [5, 5.41) is 16.2. The van der Waals surface area contributed by atoms with Crippen molar-refractivity contribution in [2.24, 2.45) is 5.92 Å². The zero-order valence-electron chi connectivity index (χ0n) is 17.0. The highest BCUT2D eigenvalue weighted by Gasteiger charge is 2.28. The molecule has 0 saturated carbocycles. The number of carbonyl (C=O) groups is 1. The van der Waals surface area contributed by atoms with Crippen LogP contribution in [0.15, 0.2) is 29.3 Å². The summed E-state index contributed by atoms with van der Waals surface area (Å²) in [6, 6.07) is 5.34. The molecule has 3 N–H and O–H groups in total. The molecule has 2 atom stereocenters. The Bertz CT molecular complexity index is 726. The maximum Gasteiger partial charge on any atom is 0.237 e. The van der Waals surface area contributed by atoms with Gasteiger partial charge in [-0.05, 0) is 55.9 Å². The van der Waals surface area contributed by atoms with Crippen LogP contribution >= 0.6 is 0 Å². The Morgan fingerprint density at radius 3 is 2.78 bits per heavy atom. The molecule has 1 amide bonds. The molecule has 5 heteroatoms. The van der Waals surface area contributed by atoms with Gasteiger partial charge in [-0.3, -0.25) is 9.69 Å². The number of phenolic OH excluding ortho intramolecular Hbond substituents is 1. The fraction of sp³-hybridized carbons (Fsp3) is 0.591. The molecular weight excluding hydrogens is 338 g/mol. The Hall–Kier alpha value is -1.85. The molecule has 1 unspecified atom stereocenters. The molecule has 0 aromatic heterocycles. The largest absolute Gasteiger partial charge is 0.508 e. The molecule has 2 heterocycles. The van der Waals surface area contributed by atoms with E-state index in [9.17, 15) is 9.90 Å². The van der Waals surface area contributed by atoms with Gasteiger partial charge in [0.1, 0.15) is 5.75 Å². The normalized spacial score (nSPS) is 21.9. The van der Waals surface area contributed by atoms with Crippen LogP contribution < -0.4 is 10.6 Å². The van der Waals surface area contributed by atoms with Crippen molar-refractivity contribution in [1.82, 2.24) is 15.5 Å². The van der Waals surface area contributed by atoms with Crippen LogP contribution in [0.2, 0.25) is 0 Å². The van der Waals surface area contributed by atoms with Gasteiger partial charge in [0.05, 0.1) is 6.04 Å². The SMILES string of the molecule is CC1=C(C)CN(CC(NC(=O)[C@H]2Cc3ccc(O)cc3CN2)C(C)C)CC1. The molecule has 0 spiro atoms. The molecule has 0 aliphatic carbocycles. The molecule has 0 radical (unpaired) electrons. The van der Waals surface area contributed by atoms with Crippen molar-refractivity contribution in [3.63, 3.8) is 0 Å². The lowest BCUT2D eigenvalue weighted by atomic mass is 9.94. The highest BCUT2D eigenvalue weighted by molar-refractivity contribution is 5.82. The summed E-state index contributed by atoms with van der Waals surface area (Å²) in [6.07, 6.45) is 1.79. The predicted octanol–water partition coefficient (Wildman–Crippen LogP) is 2.59. The lowest BCUT2D eigenvalue weighted by molar-refractivity contribution is -0.124. The minimum Gasteiger partial charge on any atom is -0.508 e. The first-order valence-corrected chi connectivity index (χ1v) is 10.1. The maximum atomic E-state index is 12.9. The number of fused-ring (bicyclic) bond motifs is 1. The summed E-state index contributed by atoms with van der Waals surface area (Å²) in [5.41, 5.74) is 5.18. The fourth-order valence-corrected chi connectivity index (χ4v) is 3.92. The van der Waals surface area contributed by atoms with Crippen LogP contribution in [0.1, 0.15) is 45.2 Å². The Morgan fingerprint density at radius 1 is 1.30 bits per heavy atom. The van der Waals surface area contributed by atoms with Crippen molar-refractivity contribution in [3.8, 4) is 5.75 Å². The predicted molar refractivity (Wildman–Crippen MR) is 109 cm³/mol. The molecule has 148 valence electrons. The molecule has 1 aromatic rings. The molecule has 0 bridgehead atoms. The van der Waals surface area contributed by atoms with Crippen LogP contribution in [0.3, 0.4) is 0 Å². The van der Waals surface area contributed by atoms with E-state index in [1.54, 1.807) is 12.1 Å². The highest BCUT2D eigenvalue weighted by Crippen LogP contribution is 2.22. The molecule has 1 aromatic carbocycles. The van der Waals surface area contributed by atoms with Crippen LogP contribution in [0.25, 0.3) is 0 Å². The summed E-state index contributed by atoms with van der Waals surface area (Å²) in [6.45, 7) is 12.4. The van der Waals surface area contributed by atoms with Crippen molar-refractivity contribution in [2.45, 2.75) is 59.2 Å². The first-order chi connectivity index (χ1) is 12.8. The molecule has 2 aliphatic rings. The van der Waals surface area contributed by atoms with E-state index in [1.807, 2.05) is 6.07 Å². The molecule has 3 rings (SSSR count). The molecule has 0 saturated heterocycles. The summed E-state index contributed by atoms with van der Waals surface area (Å²) >= 11 is 0. The van der Waals surface area contributed by atoms with Gasteiger partial charge in [0, 0.05) is 32.2 Å². The number of amides is 1. The van der Waals surface area contributed by atoms with Gasteiger partial charge in [0.25, 0.3) is 0 Å². The van der Waals surface area contributed by atoms with Crippen molar-refractivity contribution in [1.29, 1.82) is 0 Å². The quantitative estimate of drug-likeness (QED) is 0.696. The first-order valence-electron chi connectivity index (χ1n) is 10.1. The number of phenols is 1. The minimum absolute atomic E-state index is 0.0767. The van der Waals surface area contributed by atoms with E-state index < -0.39 is 0 Å². The molecule has 2 aliphatic heterocycles. The van der Waals surface area contributed by atoms with Gasteiger partial charge < -0.3 is 15.7 Å². The fourth-order valence-electron chi connectivity index (χ4n) is 3.92. The van der Waals surface area contributed by atoms with Crippen molar-refractivity contribution >= 4 is 5.91 Å². The van der Waals surface area contributed by atoms with Gasteiger partial charge in [-0.1, -0.05) is 31.1 Å². The Labute approximate surface area is 162 Å². The highest BCUT2D eigenvalue weighted by atomic mass is 16.3. The second-order valence-electron chi connectivity index (χ2n) is 8.50. The van der Waals surface area contributed by atoms with E-state index in [-0.39, 0.29) is 23.7 Å². The van der Waals surface area contributed by atoms with Gasteiger partial charge in [0.15, 0.2) is 0 Å². The van der Waals surface area contributed by atoms with Crippen LogP contribution in [0.4, 0.5) is 0 Å². The van der Waals surface area contributed by atoms with Crippen LogP contribution in [-0.4, -0.2) is 47.6 Å². The lowest BCUT2D eigenvalue weighted by Gasteiger charge is -2.35. The Balaban J connectivity index is 1.60. The van der Waals surface area contributed by atoms with E-state index >= 15 is 0 Å². The summed E-state index contributed by atoms with van der Waals surface area (Å²) in [7, 11) is 0. The third-order valence-electron chi connectivity index (χ3n) is 6.05. The minimum atomic E-state index is -0.214. The molecule has 27 heavy (non-hydrogen) atoms. The molecular formula is C22H33N3O2. The third kappa shape index (κ3) is 4.90. The second-order valence-corrected chi connectivity index (χ2v) is 8.50. The number of nitrogens with zero attached hydrogens (tertiary/aromatic N) is 1. The second kappa shape index (κ2) is 8.44. The molecule has 5 nitrogen and oxygen atoms in total. The zero-order chi connectivity index (χ0) is 19.6. The number of aromatic hydroxyl groups is 1. The number of hydrogen-bond acceptors (Lipinski definition) is 4. The van der Waals surface area contributed by atoms with Crippen molar-refractivity contribution in [3.05, 3.63) is 40.5 Å². The number of carbonyl (C=O) groups excluding carboxylic acids is 1. The maximum absolute atomic E-state index is 12.9. The number of benzene rings is 1. The average Bonchev–Trinajstić information content (AvgIpc) is 2.63. The molecule has 0 fully saturated rings. The Morgan fingerprint density at radius 2 is 2.07 bits per heavy atom. The monoisotopic (exact) mass is 371 g/mol. The zero-order valence-corrected chi connectivity index (χ0v) is 17.0. The van der Waals surface area contributed by atoms with Gasteiger partial charge in [0.2, 0.25) is 5.91 Å². The van der Waals surface area contributed by atoms with E-state index in [1.165, 1.54) is 11.1 Å². The Kier molecular flexibility index (Phi) is 6.22. The average molecular weight is 372 g/mol. The number of rotatable bonds is 5. The summed E-state index contributed by atoms with van der Waals surface area (Å²) in [5.74, 6) is 0.737. The lowest BCUT2D eigenvalue weighted by Crippen LogP contribution is -2.54. The van der Waals surface area contributed by atoms with Crippen LogP contribution in [0, 0.1) is 5.92 Å². The van der Waals surface area contributed by atoms with E-state index in [0.29, 0.717) is 18.9 Å². The van der Waals surface area contributed by atoms with Crippen molar-refractivity contribution < 1.29 is 9.90 Å². The smallest absolute Gasteiger partial charge is 0.237 e. The van der Waals surface area contributed by atoms with Gasteiger partial charge in [-0.25, -0.2) is 0 Å². The summed E-state index contributed by atoms with van der Waals surface area (Å²) < 4.78 is 0. The first kappa shape index (κ1) is 19.9. The standard InChI is InChI=1S/C22H33N3O2/c1-14(2)21(13-25-8-7-15(3)16(4)12-25)24-22(27)20-10-17-5-6-19(26)9-18(17)11-23-20/h5-6,9,14,20-21,23,26H,7-8,10-13H2,1-4H3,(H,24,27)/t20-,21?/m1/s1. The van der Waals surface area contributed by atoms with E-state index in [4.69, 9.17) is 0 Å². The van der Waals surface area contributed by atoms with Gasteiger partial charge in [-0.15, -0.1) is 0 Å². The van der Waals surface area contributed by atoms with E-state index in [2.05, 4.69) is 43.2 Å². The van der Waals surface area contributed by atoms with E-state index in [0.717, 1.165) is 37.2 Å². The number of nitrogens with one attached hydrogen (secondary N) is 2. The third-order valence-corrected chi connectivity index (χ3v) is 6.05. The van der Waals surface area contributed by atoms with Crippen LogP contribution in [-0.2, 0) is 17.8 Å². The summed E-state index contributed by atoms with van der Waals surface area (Å²) in [4.78, 5) is 15.4. The van der Waals surface area contributed by atoms with Crippen molar-refractivity contribution in [2.75, 3.05) is 19.6 Å².